The lowest BCUT2D eigenvalue weighted by molar-refractivity contribution is 0.0904. The van der Waals surface area contributed by atoms with E-state index in [1.54, 1.807) is 23.8 Å². The van der Waals surface area contributed by atoms with E-state index >= 15 is 0 Å². The fraction of sp³-hybridized carbons (Fsp3) is 0.300. The number of aromatic nitrogens is 1. The van der Waals surface area contributed by atoms with Gasteiger partial charge in [0.1, 0.15) is 5.69 Å². The highest BCUT2D eigenvalue weighted by atomic mass is 32.1. The van der Waals surface area contributed by atoms with E-state index in [2.05, 4.69) is 15.2 Å². The van der Waals surface area contributed by atoms with E-state index in [0.29, 0.717) is 23.0 Å². The van der Waals surface area contributed by atoms with Crippen LogP contribution in [-0.4, -0.2) is 34.9 Å². The van der Waals surface area contributed by atoms with Gasteiger partial charge in [-0.05, 0) is 42.7 Å². The third kappa shape index (κ3) is 4.28. The van der Waals surface area contributed by atoms with Crippen molar-refractivity contribution in [2.24, 2.45) is 0 Å². The zero-order chi connectivity index (χ0) is 19.5. The molecule has 0 bridgehead atoms. The van der Waals surface area contributed by atoms with Gasteiger partial charge >= 0.3 is 0 Å². The summed E-state index contributed by atoms with van der Waals surface area (Å²) >= 11 is 1.37. The maximum atomic E-state index is 13.3. The quantitative estimate of drug-likeness (QED) is 0.698. The molecule has 0 unspecified atom stereocenters. The summed E-state index contributed by atoms with van der Waals surface area (Å²) in [5, 5.41) is 5.44. The number of furan rings is 1. The predicted molar refractivity (Wildman–Crippen MR) is 102 cm³/mol. The van der Waals surface area contributed by atoms with Crippen molar-refractivity contribution in [1.29, 1.82) is 0 Å². The number of hydrogen-bond acceptors (Lipinski definition) is 5. The molecule has 0 spiro atoms. The summed E-state index contributed by atoms with van der Waals surface area (Å²) in [6.45, 7) is 2.12. The van der Waals surface area contributed by atoms with Gasteiger partial charge in [-0.1, -0.05) is 6.07 Å². The molecule has 1 aromatic carbocycles. The molecule has 8 heteroatoms. The smallest absolute Gasteiger partial charge is 0.270 e. The van der Waals surface area contributed by atoms with Gasteiger partial charge in [-0.25, -0.2) is 13.8 Å². The molecule has 1 amide bonds. The first-order valence-electron chi connectivity index (χ1n) is 9.05. The number of piperidine rings is 1. The van der Waals surface area contributed by atoms with Crippen LogP contribution in [0.15, 0.2) is 46.4 Å². The van der Waals surface area contributed by atoms with Crippen LogP contribution in [0.4, 0.5) is 8.78 Å². The number of hydrogen-bond donors (Lipinski definition) is 1. The Kier molecular flexibility index (Phi) is 5.50. The molecule has 3 heterocycles. The van der Waals surface area contributed by atoms with Crippen LogP contribution in [0.1, 0.15) is 28.9 Å². The third-order valence-electron chi connectivity index (χ3n) is 4.78. The summed E-state index contributed by atoms with van der Waals surface area (Å²) in [5.41, 5.74) is 1.13. The number of thiazole rings is 1. The van der Waals surface area contributed by atoms with E-state index in [9.17, 15) is 13.6 Å². The Balaban J connectivity index is 1.28. The number of amides is 1. The van der Waals surface area contributed by atoms with Gasteiger partial charge in [0, 0.05) is 31.1 Å². The summed E-state index contributed by atoms with van der Waals surface area (Å²) in [6.07, 6.45) is 3.17. The van der Waals surface area contributed by atoms with Gasteiger partial charge in [-0.3, -0.25) is 9.69 Å². The molecule has 1 aliphatic rings. The van der Waals surface area contributed by atoms with E-state index in [1.807, 2.05) is 6.07 Å². The van der Waals surface area contributed by atoms with Crippen LogP contribution in [0, 0.1) is 11.6 Å². The van der Waals surface area contributed by atoms with E-state index < -0.39 is 11.6 Å². The summed E-state index contributed by atoms with van der Waals surface area (Å²) in [5.74, 6) is -1.19. The highest BCUT2D eigenvalue weighted by molar-refractivity contribution is 7.13. The van der Waals surface area contributed by atoms with Crippen molar-refractivity contribution in [3.05, 3.63) is 64.9 Å². The van der Waals surface area contributed by atoms with Crippen LogP contribution in [0.25, 0.3) is 10.8 Å². The standard InChI is InChI=1S/C20H19F2N3O2S/c21-15-4-3-13(10-16(15)22)11-25-7-5-14(6-8-25)23-19(26)17-12-28-20(24-17)18-2-1-9-27-18/h1-4,9-10,12,14H,5-8,11H2,(H,23,26). The molecule has 0 radical (unpaired) electrons. The van der Waals surface area contributed by atoms with Crippen LogP contribution < -0.4 is 5.32 Å². The molecule has 1 saturated heterocycles. The molecule has 1 N–H and O–H groups in total. The molecule has 28 heavy (non-hydrogen) atoms. The van der Waals surface area contributed by atoms with Gasteiger partial charge in [0.15, 0.2) is 22.4 Å². The fourth-order valence-electron chi connectivity index (χ4n) is 3.28. The Morgan fingerprint density at radius 1 is 1.25 bits per heavy atom. The molecule has 0 atom stereocenters. The van der Waals surface area contributed by atoms with Crippen molar-refractivity contribution < 1.29 is 18.0 Å². The number of nitrogens with one attached hydrogen (secondary N) is 1. The van der Waals surface area contributed by atoms with Crippen LogP contribution in [-0.2, 0) is 6.54 Å². The van der Waals surface area contributed by atoms with Crippen LogP contribution in [0.3, 0.4) is 0 Å². The maximum absolute atomic E-state index is 13.3. The number of carbonyl (C=O) groups excluding carboxylic acids is 1. The molecule has 3 aromatic rings. The lowest BCUT2D eigenvalue weighted by Gasteiger charge is -2.32. The monoisotopic (exact) mass is 403 g/mol. The summed E-state index contributed by atoms with van der Waals surface area (Å²) in [6, 6.07) is 7.66. The van der Waals surface area contributed by atoms with Crippen LogP contribution >= 0.6 is 11.3 Å². The Morgan fingerprint density at radius 2 is 2.07 bits per heavy atom. The number of benzene rings is 1. The van der Waals surface area contributed by atoms with Crippen molar-refractivity contribution in [3.63, 3.8) is 0 Å². The highest BCUT2D eigenvalue weighted by Gasteiger charge is 2.22. The summed E-state index contributed by atoms with van der Waals surface area (Å²) < 4.78 is 31.7. The van der Waals surface area contributed by atoms with Gasteiger partial charge in [-0.15, -0.1) is 11.3 Å². The Labute approximate surface area is 165 Å². The van der Waals surface area contributed by atoms with E-state index in [1.165, 1.54) is 17.4 Å². The highest BCUT2D eigenvalue weighted by Crippen LogP contribution is 2.24. The van der Waals surface area contributed by atoms with Crippen molar-refractivity contribution in [2.75, 3.05) is 13.1 Å². The summed E-state index contributed by atoms with van der Waals surface area (Å²) in [4.78, 5) is 19.0. The third-order valence-corrected chi connectivity index (χ3v) is 5.64. The van der Waals surface area contributed by atoms with E-state index in [0.717, 1.165) is 37.6 Å². The summed E-state index contributed by atoms with van der Waals surface area (Å²) in [7, 11) is 0. The lowest BCUT2D eigenvalue weighted by atomic mass is 10.0. The normalized spacial score (nSPS) is 15.6. The van der Waals surface area contributed by atoms with Gasteiger partial charge in [-0.2, -0.15) is 0 Å². The average Bonchev–Trinajstić information content (AvgIpc) is 3.38. The van der Waals surface area contributed by atoms with Gasteiger partial charge in [0.2, 0.25) is 0 Å². The molecule has 1 aliphatic heterocycles. The van der Waals surface area contributed by atoms with Gasteiger partial charge < -0.3 is 9.73 Å². The second-order valence-corrected chi connectivity index (χ2v) is 7.65. The van der Waals surface area contributed by atoms with Crippen molar-refractivity contribution in [3.8, 4) is 10.8 Å². The molecular weight excluding hydrogens is 384 g/mol. The second kappa shape index (κ2) is 8.20. The number of carbonyl (C=O) groups is 1. The van der Waals surface area contributed by atoms with Crippen molar-refractivity contribution in [2.45, 2.75) is 25.4 Å². The topological polar surface area (TPSA) is 58.4 Å². The first-order valence-corrected chi connectivity index (χ1v) is 9.93. The molecule has 2 aromatic heterocycles. The first-order chi connectivity index (χ1) is 13.6. The molecule has 4 rings (SSSR count). The molecule has 0 aliphatic carbocycles. The zero-order valence-corrected chi connectivity index (χ0v) is 15.8. The number of halogens is 2. The minimum Gasteiger partial charge on any atom is -0.462 e. The molecule has 146 valence electrons. The van der Waals surface area contributed by atoms with Crippen LogP contribution in [0.5, 0.6) is 0 Å². The Hall–Kier alpha value is -2.58. The molecule has 0 saturated carbocycles. The van der Waals surface area contributed by atoms with Crippen LogP contribution in [0.2, 0.25) is 0 Å². The predicted octanol–water partition coefficient (Wildman–Crippen LogP) is 4.08. The minimum absolute atomic E-state index is 0.0717. The van der Waals surface area contributed by atoms with E-state index in [-0.39, 0.29) is 11.9 Å². The molecular formula is C20H19F2N3O2S. The Bertz CT molecular complexity index is 950. The number of likely N-dealkylation sites (tertiary alicyclic amines) is 1. The SMILES string of the molecule is O=C(NC1CCN(Cc2ccc(F)c(F)c2)CC1)c1csc(-c2ccco2)n1. The number of nitrogens with zero attached hydrogens (tertiary/aromatic N) is 2. The zero-order valence-electron chi connectivity index (χ0n) is 15.0. The minimum atomic E-state index is -0.831. The average molecular weight is 403 g/mol. The largest absolute Gasteiger partial charge is 0.462 e. The molecule has 1 fully saturated rings. The maximum Gasteiger partial charge on any atom is 0.270 e. The molecule has 5 nitrogen and oxygen atoms in total. The lowest BCUT2D eigenvalue weighted by Crippen LogP contribution is -2.44. The Morgan fingerprint density at radius 3 is 2.79 bits per heavy atom. The van der Waals surface area contributed by atoms with Gasteiger partial charge in [0.25, 0.3) is 5.91 Å². The first kappa shape index (κ1) is 18.8. The van der Waals surface area contributed by atoms with Crippen molar-refractivity contribution >= 4 is 17.2 Å². The number of rotatable bonds is 5. The fourth-order valence-corrected chi connectivity index (χ4v) is 4.05. The van der Waals surface area contributed by atoms with Gasteiger partial charge in [0.05, 0.1) is 6.26 Å². The second-order valence-electron chi connectivity index (χ2n) is 6.79. The van der Waals surface area contributed by atoms with Crippen molar-refractivity contribution in [1.82, 2.24) is 15.2 Å². The van der Waals surface area contributed by atoms with E-state index in [4.69, 9.17) is 4.42 Å².